The molecule has 1 aromatic rings. The number of carbonyl (C=O) groups excluding carboxylic acids is 2. The van der Waals surface area contributed by atoms with Gasteiger partial charge in [-0.1, -0.05) is 27.2 Å². The molecule has 194 valence electrons. The summed E-state index contributed by atoms with van der Waals surface area (Å²) in [6, 6.07) is 0. The van der Waals surface area contributed by atoms with E-state index < -0.39 is 17.5 Å². The number of carboxylic acids is 1. The zero-order valence-corrected chi connectivity index (χ0v) is 28.0. The molecule has 0 radical (unpaired) electrons. The van der Waals surface area contributed by atoms with E-state index in [4.69, 9.17) is 9.84 Å². The van der Waals surface area contributed by atoms with E-state index in [0.29, 0.717) is 38.3 Å². The molecule has 1 saturated carbocycles. The Morgan fingerprint density at radius 3 is 2.43 bits per heavy atom. The topological polar surface area (TPSA) is 90.7 Å². The molecule has 1 heterocycles. The number of aromatic nitrogens is 2. The summed E-state index contributed by atoms with van der Waals surface area (Å²) >= 11 is 2.31. The molecule has 1 aliphatic rings. The predicted molar refractivity (Wildman–Crippen MR) is 143 cm³/mol. The van der Waals surface area contributed by atoms with E-state index in [1.54, 1.807) is 11.9 Å². The number of likely N-dealkylation sites (N-methyl/N-ethyl adjacent to an activating group) is 2. The maximum atomic E-state index is 12.2. The first-order valence-corrected chi connectivity index (χ1v) is 16.0. The molecule has 0 aromatic carbocycles. The van der Waals surface area contributed by atoms with Gasteiger partial charge in [-0.05, 0) is 74.0 Å². The predicted octanol–water partition coefficient (Wildman–Crippen LogP) is 1.27. The fourth-order valence-electron chi connectivity index (χ4n) is 4.99. The number of nitrogens with zero attached hydrogens (tertiary/aromatic N) is 4. The SMILES string of the molecule is CCC1CC(c2nn(PI)cc2CN(C)CCN(C)C(=O)OC(C)(C)C)CC(C(=O)[O-])C1(C)C.[Na+]. The van der Waals surface area contributed by atoms with E-state index in [9.17, 15) is 14.7 Å². The molecule has 1 aliphatic carbocycles. The molecular weight excluding hydrogens is 589 g/mol. The van der Waals surface area contributed by atoms with Crippen LogP contribution in [0.15, 0.2) is 6.20 Å². The van der Waals surface area contributed by atoms with E-state index >= 15 is 0 Å². The summed E-state index contributed by atoms with van der Waals surface area (Å²) in [7, 11) is 3.77. The average molecular weight is 630 g/mol. The first kappa shape index (κ1) is 33.1. The summed E-state index contributed by atoms with van der Waals surface area (Å²) in [5.74, 6) is -1.04. The van der Waals surface area contributed by atoms with Gasteiger partial charge in [0.15, 0.2) is 0 Å². The maximum absolute atomic E-state index is 12.2. The fraction of sp³-hybridized carbons (Fsp3) is 0.792. The molecule has 0 bridgehead atoms. The van der Waals surface area contributed by atoms with E-state index in [0.717, 1.165) is 24.1 Å². The van der Waals surface area contributed by atoms with Gasteiger partial charge in [-0.25, -0.2) is 9.25 Å². The molecule has 1 amide bonds. The van der Waals surface area contributed by atoms with Crippen LogP contribution in [0.5, 0.6) is 0 Å². The first-order valence-electron chi connectivity index (χ1n) is 12.0. The fourth-order valence-corrected chi connectivity index (χ4v) is 6.08. The number of hydrogen-bond donors (Lipinski definition) is 0. The zero-order valence-electron chi connectivity index (χ0n) is 22.9. The molecule has 4 unspecified atom stereocenters. The molecule has 0 spiro atoms. The maximum Gasteiger partial charge on any atom is 1.00 e. The van der Waals surface area contributed by atoms with Crippen molar-refractivity contribution in [3.63, 3.8) is 0 Å². The number of aliphatic carboxylic acids is 1. The van der Waals surface area contributed by atoms with Crippen molar-refractivity contribution in [2.24, 2.45) is 17.3 Å². The first-order chi connectivity index (χ1) is 15.7. The van der Waals surface area contributed by atoms with E-state index in [1.165, 1.54) is 0 Å². The molecule has 1 fully saturated rings. The minimum Gasteiger partial charge on any atom is -0.550 e. The van der Waals surface area contributed by atoms with Crippen LogP contribution in [0, 0.1) is 17.3 Å². The van der Waals surface area contributed by atoms with Gasteiger partial charge in [0.25, 0.3) is 0 Å². The van der Waals surface area contributed by atoms with Crippen molar-refractivity contribution < 1.29 is 49.0 Å². The van der Waals surface area contributed by atoms with Crippen molar-refractivity contribution in [1.82, 2.24) is 19.4 Å². The van der Waals surface area contributed by atoms with Crippen LogP contribution in [-0.4, -0.2) is 64.2 Å². The monoisotopic (exact) mass is 630 g/mol. The van der Waals surface area contributed by atoms with Crippen LogP contribution in [0.25, 0.3) is 0 Å². The van der Waals surface area contributed by atoms with Crippen LogP contribution in [0.4, 0.5) is 4.79 Å². The minimum absolute atomic E-state index is 0. The normalized spacial score (nSPS) is 22.3. The molecule has 8 nitrogen and oxygen atoms in total. The van der Waals surface area contributed by atoms with E-state index in [1.807, 2.05) is 32.3 Å². The van der Waals surface area contributed by atoms with Crippen LogP contribution in [-0.2, 0) is 16.1 Å². The molecule has 0 N–H and O–H groups in total. The molecule has 2 rings (SSSR count). The van der Waals surface area contributed by atoms with Crippen molar-refractivity contribution in [1.29, 1.82) is 0 Å². The largest absolute Gasteiger partial charge is 1.00 e. The van der Waals surface area contributed by atoms with Crippen LogP contribution in [0.2, 0.25) is 0 Å². The quantitative estimate of drug-likeness (QED) is 0.232. The van der Waals surface area contributed by atoms with Gasteiger partial charge in [0.1, 0.15) is 5.60 Å². The molecular formula is C24H41IN4NaO4P. The van der Waals surface area contributed by atoms with Crippen molar-refractivity contribution >= 4 is 40.5 Å². The number of hydrogen-bond acceptors (Lipinski definition) is 6. The number of halogens is 1. The second kappa shape index (κ2) is 13.7. The van der Waals surface area contributed by atoms with Gasteiger partial charge in [0.2, 0.25) is 0 Å². The molecule has 35 heavy (non-hydrogen) atoms. The molecule has 11 heteroatoms. The third-order valence-electron chi connectivity index (χ3n) is 7.08. The molecule has 1 aromatic heterocycles. The number of rotatable bonds is 9. The summed E-state index contributed by atoms with van der Waals surface area (Å²) in [6.07, 6.45) is 4.67. The third-order valence-corrected chi connectivity index (χ3v) is 8.96. The Morgan fingerprint density at radius 2 is 1.91 bits per heavy atom. The molecule has 0 saturated heterocycles. The van der Waals surface area contributed by atoms with Gasteiger partial charge in [-0.15, -0.1) is 0 Å². The Bertz CT molecular complexity index is 861. The second-order valence-corrected chi connectivity index (χ2v) is 13.2. The van der Waals surface area contributed by atoms with Crippen molar-refractivity contribution in [2.45, 2.75) is 78.9 Å². The van der Waals surface area contributed by atoms with Gasteiger partial charge in [-0.2, -0.15) is 5.10 Å². The van der Waals surface area contributed by atoms with Crippen molar-refractivity contribution in [3.05, 3.63) is 17.5 Å². The Labute approximate surface area is 247 Å². The second-order valence-electron chi connectivity index (χ2n) is 11.2. The van der Waals surface area contributed by atoms with Crippen molar-refractivity contribution in [3.8, 4) is 0 Å². The molecule has 4 atom stereocenters. The minimum atomic E-state index is -0.952. The zero-order chi connectivity index (χ0) is 25.8. The Hall–Kier alpha value is 0.0700. The smallest absolute Gasteiger partial charge is 0.550 e. The Kier molecular flexibility index (Phi) is 13.0. The van der Waals surface area contributed by atoms with Gasteiger partial charge in [-0.3, -0.25) is 0 Å². The van der Waals surface area contributed by atoms with Gasteiger partial charge >= 0.3 is 35.7 Å². The number of carboxylic acid groups (broad SMARTS) is 1. The van der Waals surface area contributed by atoms with Gasteiger partial charge in [0, 0.05) is 56.2 Å². The summed E-state index contributed by atoms with van der Waals surface area (Å²) in [4.78, 5) is 28.0. The number of carbonyl (C=O) groups is 2. The summed E-state index contributed by atoms with van der Waals surface area (Å²) in [6.45, 7) is 13.8. The van der Waals surface area contributed by atoms with Gasteiger partial charge < -0.3 is 24.4 Å². The number of amides is 1. The van der Waals surface area contributed by atoms with E-state index in [-0.39, 0.29) is 47.0 Å². The van der Waals surface area contributed by atoms with Crippen LogP contribution < -0.4 is 34.7 Å². The summed E-state index contributed by atoms with van der Waals surface area (Å²) in [5.41, 5.74) is 1.33. The number of ether oxygens (including phenoxy) is 1. The Morgan fingerprint density at radius 1 is 1.29 bits per heavy atom. The molecule has 0 aliphatic heterocycles. The standard InChI is InChI=1S/C24H42IN4O4P.Na/c1-9-18-12-16(13-19(21(30)31)24(18,5)6)20-17(15-29(26-20)34-25)14-27(7)10-11-28(8)22(32)33-23(2,3)4;/h15-16,18-19,34H,9-14H2,1-8H3,(H,30,31);/q;+1/p-1. The van der Waals surface area contributed by atoms with Gasteiger partial charge in [0.05, 0.1) is 12.1 Å². The van der Waals surface area contributed by atoms with E-state index in [2.05, 4.69) is 53.9 Å². The average Bonchev–Trinajstić information content (AvgIpc) is 3.12. The summed E-state index contributed by atoms with van der Waals surface area (Å²) in [5, 5.41) is 16.9. The van der Waals surface area contributed by atoms with Crippen LogP contribution in [0.1, 0.15) is 78.0 Å². The van der Waals surface area contributed by atoms with Crippen LogP contribution in [0.3, 0.4) is 0 Å². The summed E-state index contributed by atoms with van der Waals surface area (Å²) < 4.78 is 7.39. The van der Waals surface area contributed by atoms with Crippen molar-refractivity contribution in [2.75, 3.05) is 27.2 Å². The Balaban J connectivity index is 0.00000612. The third kappa shape index (κ3) is 9.10. The van der Waals surface area contributed by atoms with Crippen LogP contribution >= 0.6 is 28.4 Å².